The summed E-state index contributed by atoms with van der Waals surface area (Å²) in [5.74, 6) is 0.869. The Hall–Kier alpha value is -1.02. The molecule has 0 aliphatic carbocycles. The average Bonchev–Trinajstić information content (AvgIpc) is 2.60. The molecule has 0 saturated heterocycles. The van der Waals surface area contributed by atoms with Crippen molar-refractivity contribution in [1.29, 1.82) is 0 Å². The Morgan fingerprint density at radius 3 is 1.76 bits per heavy atom. The maximum absolute atomic E-state index is 10.8. The van der Waals surface area contributed by atoms with Gasteiger partial charge in [0.15, 0.2) is 0 Å². The normalized spacial score (nSPS) is 10.8. The lowest BCUT2D eigenvalue weighted by Crippen LogP contribution is -1.98. The molecule has 0 aliphatic heterocycles. The highest BCUT2D eigenvalue weighted by Gasteiger charge is 2.00. The molecule has 2 nitrogen and oxygen atoms in total. The first kappa shape index (κ1) is 22.0. The van der Waals surface area contributed by atoms with Crippen molar-refractivity contribution in [2.75, 3.05) is 6.61 Å². The van der Waals surface area contributed by atoms with Gasteiger partial charge in [-0.2, -0.15) is 0 Å². The second-order valence-electron chi connectivity index (χ2n) is 6.91. The fourth-order valence-electron chi connectivity index (χ4n) is 3.00. The van der Waals surface area contributed by atoms with Crippen LogP contribution in [-0.2, 0) is 11.2 Å². The topological polar surface area (TPSA) is 26.3 Å². The molecule has 0 unspecified atom stereocenters. The van der Waals surface area contributed by atoms with E-state index >= 15 is 0 Å². The molecule has 0 spiro atoms. The summed E-state index contributed by atoms with van der Waals surface area (Å²) in [5, 5.41) is -0.329. The first-order valence-corrected chi connectivity index (χ1v) is 10.5. The number of benzene rings is 1. The standard InChI is InChI=1S/C22H35ClO2/c1-2-3-4-5-6-7-8-9-10-11-12-13-18-25-21-16-14-20(15-17-21)19-22(23)24/h14-17H,2-13,18-19H2,1H3. The van der Waals surface area contributed by atoms with Crippen LogP contribution in [0.4, 0.5) is 0 Å². The van der Waals surface area contributed by atoms with Crippen molar-refractivity contribution in [3.63, 3.8) is 0 Å². The first-order valence-electron chi connectivity index (χ1n) is 10.1. The highest BCUT2D eigenvalue weighted by Crippen LogP contribution is 2.15. The molecule has 0 aliphatic rings. The fourth-order valence-corrected chi connectivity index (χ4v) is 3.15. The summed E-state index contributed by atoms with van der Waals surface area (Å²) in [5.41, 5.74) is 0.928. The lowest BCUT2D eigenvalue weighted by Gasteiger charge is -2.07. The molecule has 0 radical (unpaired) electrons. The van der Waals surface area contributed by atoms with Gasteiger partial charge >= 0.3 is 0 Å². The lowest BCUT2D eigenvalue weighted by atomic mass is 10.1. The number of ether oxygens (including phenoxy) is 1. The van der Waals surface area contributed by atoms with Gasteiger partial charge in [-0.25, -0.2) is 0 Å². The van der Waals surface area contributed by atoms with Crippen molar-refractivity contribution in [3.8, 4) is 5.75 Å². The smallest absolute Gasteiger partial charge is 0.226 e. The molecular weight excluding hydrogens is 332 g/mol. The molecule has 0 fully saturated rings. The maximum atomic E-state index is 10.8. The van der Waals surface area contributed by atoms with Crippen molar-refractivity contribution in [2.24, 2.45) is 0 Å². The summed E-state index contributed by atoms with van der Waals surface area (Å²) in [6, 6.07) is 7.63. The number of unbranched alkanes of at least 4 members (excludes halogenated alkanes) is 11. The molecule has 1 aromatic rings. The molecule has 0 bridgehead atoms. The monoisotopic (exact) mass is 366 g/mol. The molecule has 0 saturated carbocycles. The van der Waals surface area contributed by atoms with E-state index in [-0.39, 0.29) is 11.7 Å². The van der Waals surface area contributed by atoms with Gasteiger partial charge in [-0.15, -0.1) is 0 Å². The molecule has 0 N–H and O–H groups in total. The van der Waals surface area contributed by atoms with Crippen molar-refractivity contribution < 1.29 is 9.53 Å². The molecule has 1 rings (SSSR count). The van der Waals surface area contributed by atoms with Crippen LogP contribution in [0.15, 0.2) is 24.3 Å². The quantitative estimate of drug-likeness (QED) is 0.231. The van der Waals surface area contributed by atoms with Crippen LogP contribution in [-0.4, -0.2) is 11.8 Å². The molecule has 25 heavy (non-hydrogen) atoms. The minimum Gasteiger partial charge on any atom is -0.494 e. The van der Waals surface area contributed by atoms with Gasteiger partial charge in [-0.1, -0.05) is 89.7 Å². The number of hydrogen-bond acceptors (Lipinski definition) is 2. The Balaban J connectivity index is 1.89. The summed E-state index contributed by atoms with van der Waals surface area (Å²) in [6.07, 6.45) is 16.5. The van der Waals surface area contributed by atoms with E-state index in [0.717, 1.165) is 24.3 Å². The number of rotatable bonds is 16. The molecule has 0 amide bonds. The van der Waals surface area contributed by atoms with Gasteiger partial charge in [0.25, 0.3) is 0 Å². The third-order valence-electron chi connectivity index (χ3n) is 4.53. The zero-order valence-electron chi connectivity index (χ0n) is 15.9. The van der Waals surface area contributed by atoms with Crippen LogP contribution in [0.25, 0.3) is 0 Å². The van der Waals surface area contributed by atoms with Crippen LogP contribution >= 0.6 is 11.6 Å². The third kappa shape index (κ3) is 12.9. The predicted molar refractivity (Wildman–Crippen MR) is 108 cm³/mol. The molecule has 0 aromatic heterocycles. The average molecular weight is 367 g/mol. The number of carbonyl (C=O) groups excluding carboxylic acids is 1. The second-order valence-corrected chi connectivity index (χ2v) is 7.33. The van der Waals surface area contributed by atoms with Crippen LogP contribution in [0, 0.1) is 0 Å². The molecule has 3 heteroatoms. The minimum absolute atomic E-state index is 0.278. The lowest BCUT2D eigenvalue weighted by molar-refractivity contribution is -0.111. The van der Waals surface area contributed by atoms with E-state index in [1.807, 2.05) is 24.3 Å². The Morgan fingerprint density at radius 2 is 1.28 bits per heavy atom. The first-order chi connectivity index (χ1) is 12.2. The number of carbonyl (C=O) groups is 1. The highest BCUT2D eigenvalue weighted by molar-refractivity contribution is 6.63. The van der Waals surface area contributed by atoms with E-state index in [1.54, 1.807) is 0 Å². The van der Waals surface area contributed by atoms with Gasteiger partial charge in [0.05, 0.1) is 6.61 Å². The largest absolute Gasteiger partial charge is 0.494 e. The Kier molecular flexibility index (Phi) is 13.4. The van der Waals surface area contributed by atoms with Gasteiger partial charge in [-0.05, 0) is 35.7 Å². The Labute approximate surface area is 159 Å². The fraction of sp³-hybridized carbons (Fsp3) is 0.682. The van der Waals surface area contributed by atoms with Crippen molar-refractivity contribution >= 4 is 16.8 Å². The van der Waals surface area contributed by atoms with E-state index in [1.165, 1.54) is 70.6 Å². The zero-order chi connectivity index (χ0) is 18.2. The van der Waals surface area contributed by atoms with Gasteiger partial charge < -0.3 is 4.74 Å². The summed E-state index contributed by atoms with van der Waals surface area (Å²) in [4.78, 5) is 10.8. The van der Waals surface area contributed by atoms with Gasteiger partial charge in [0.2, 0.25) is 5.24 Å². The Bertz CT molecular complexity index is 442. The summed E-state index contributed by atoms with van der Waals surface area (Å²) in [6.45, 7) is 3.04. The summed E-state index contributed by atoms with van der Waals surface area (Å²) in [7, 11) is 0. The Morgan fingerprint density at radius 1 is 0.800 bits per heavy atom. The SMILES string of the molecule is CCCCCCCCCCCCCCOc1ccc(CC(=O)Cl)cc1. The van der Waals surface area contributed by atoms with Crippen LogP contribution < -0.4 is 4.74 Å². The van der Waals surface area contributed by atoms with Gasteiger partial charge in [0.1, 0.15) is 5.75 Å². The van der Waals surface area contributed by atoms with Crippen molar-refractivity contribution in [2.45, 2.75) is 90.4 Å². The molecule has 0 heterocycles. The van der Waals surface area contributed by atoms with Crippen molar-refractivity contribution in [1.82, 2.24) is 0 Å². The maximum Gasteiger partial charge on any atom is 0.226 e. The van der Waals surface area contributed by atoms with E-state index in [2.05, 4.69) is 6.92 Å². The minimum atomic E-state index is -0.329. The van der Waals surface area contributed by atoms with E-state index < -0.39 is 0 Å². The molecule has 142 valence electrons. The summed E-state index contributed by atoms with van der Waals surface area (Å²) < 4.78 is 5.74. The van der Waals surface area contributed by atoms with Crippen LogP contribution in [0.1, 0.15) is 89.5 Å². The van der Waals surface area contributed by atoms with Crippen LogP contribution in [0.2, 0.25) is 0 Å². The number of hydrogen-bond donors (Lipinski definition) is 0. The van der Waals surface area contributed by atoms with E-state index in [0.29, 0.717) is 0 Å². The molecule has 1 aromatic carbocycles. The van der Waals surface area contributed by atoms with Gasteiger partial charge in [0, 0.05) is 6.42 Å². The van der Waals surface area contributed by atoms with Crippen LogP contribution in [0.5, 0.6) is 5.75 Å². The third-order valence-corrected chi connectivity index (χ3v) is 4.67. The molecular formula is C22H35ClO2. The second kappa shape index (κ2) is 15.3. The van der Waals surface area contributed by atoms with E-state index in [4.69, 9.17) is 16.3 Å². The van der Waals surface area contributed by atoms with Crippen LogP contribution in [0.3, 0.4) is 0 Å². The van der Waals surface area contributed by atoms with E-state index in [9.17, 15) is 4.79 Å². The van der Waals surface area contributed by atoms with Crippen molar-refractivity contribution in [3.05, 3.63) is 29.8 Å². The molecule has 0 atom stereocenters. The predicted octanol–water partition coefficient (Wildman–Crippen LogP) is 7.07. The van der Waals surface area contributed by atoms with Gasteiger partial charge in [-0.3, -0.25) is 4.79 Å². The zero-order valence-corrected chi connectivity index (χ0v) is 16.7. The summed E-state index contributed by atoms with van der Waals surface area (Å²) >= 11 is 5.38. The highest BCUT2D eigenvalue weighted by atomic mass is 35.5. The number of halogens is 1.